The Morgan fingerprint density at radius 3 is 2.39 bits per heavy atom. The van der Waals surface area contributed by atoms with Crippen LogP contribution in [0.3, 0.4) is 0 Å². The maximum Gasteiger partial charge on any atom is 0.332 e. The number of esters is 1. The minimum absolute atomic E-state index is 0.0969. The van der Waals surface area contributed by atoms with Crippen molar-refractivity contribution in [3.63, 3.8) is 0 Å². The lowest BCUT2D eigenvalue weighted by atomic mass is 10.1. The third kappa shape index (κ3) is 4.65. The molecular weight excluding hydrogens is 298 g/mol. The van der Waals surface area contributed by atoms with Gasteiger partial charge in [-0.1, -0.05) is 23.2 Å². The third-order valence-corrected chi connectivity index (χ3v) is 3.07. The van der Waals surface area contributed by atoms with E-state index in [0.717, 1.165) is 5.56 Å². The molecule has 0 atom stereocenters. The van der Waals surface area contributed by atoms with Crippen molar-refractivity contribution in [3.05, 3.63) is 33.3 Å². The predicted molar refractivity (Wildman–Crippen MR) is 72.3 cm³/mol. The van der Waals surface area contributed by atoms with Crippen molar-refractivity contribution in [2.24, 2.45) is 0 Å². The number of ether oxygens (including phenoxy) is 2. The van der Waals surface area contributed by atoms with Crippen molar-refractivity contribution in [2.45, 2.75) is 19.4 Å². The standard InChI is InChI=1S/C12H13Cl3O3/c1-2-18-12(16)7-17-6-8-3-10(14)9(5-13)11(15)4-8/h3-4H,2,5-7H2,1H3. The first-order chi connectivity index (χ1) is 8.58. The highest BCUT2D eigenvalue weighted by atomic mass is 35.5. The maximum absolute atomic E-state index is 11.1. The van der Waals surface area contributed by atoms with E-state index in [4.69, 9.17) is 44.3 Å². The maximum atomic E-state index is 11.1. The largest absolute Gasteiger partial charge is 0.464 e. The topological polar surface area (TPSA) is 35.5 Å². The monoisotopic (exact) mass is 310 g/mol. The van der Waals surface area contributed by atoms with Crippen molar-refractivity contribution < 1.29 is 14.3 Å². The molecule has 0 aliphatic carbocycles. The number of alkyl halides is 1. The van der Waals surface area contributed by atoms with Crippen LogP contribution in [0.2, 0.25) is 10.0 Å². The van der Waals surface area contributed by atoms with E-state index in [1.165, 1.54) is 0 Å². The minimum atomic E-state index is -0.396. The van der Waals surface area contributed by atoms with Gasteiger partial charge in [0.1, 0.15) is 6.61 Å². The summed E-state index contributed by atoms with van der Waals surface area (Å²) in [7, 11) is 0. The summed E-state index contributed by atoms with van der Waals surface area (Å²) < 4.78 is 9.92. The van der Waals surface area contributed by atoms with Crippen LogP contribution in [0.1, 0.15) is 18.1 Å². The van der Waals surface area contributed by atoms with Gasteiger partial charge in [0.25, 0.3) is 0 Å². The molecule has 0 bridgehead atoms. The van der Waals surface area contributed by atoms with Crippen molar-refractivity contribution in [1.82, 2.24) is 0 Å². The van der Waals surface area contributed by atoms with Crippen LogP contribution in [-0.2, 0) is 26.8 Å². The fourth-order valence-electron chi connectivity index (χ4n) is 1.32. The SMILES string of the molecule is CCOC(=O)COCc1cc(Cl)c(CCl)c(Cl)c1. The fraction of sp³-hybridized carbons (Fsp3) is 0.417. The number of halogens is 3. The van der Waals surface area contributed by atoms with Gasteiger partial charge in [-0.15, -0.1) is 11.6 Å². The smallest absolute Gasteiger partial charge is 0.332 e. The quantitative estimate of drug-likeness (QED) is 0.592. The molecule has 0 fully saturated rings. The van der Waals surface area contributed by atoms with Crippen LogP contribution >= 0.6 is 34.8 Å². The molecule has 18 heavy (non-hydrogen) atoms. The molecule has 0 unspecified atom stereocenters. The molecule has 0 heterocycles. The molecule has 1 aromatic carbocycles. The molecule has 0 aromatic heterocycles. The Morgan fingerprint density at radius 2 is 1.89 bits per heavy atom. The van der Waals surface area contributed by atoms with Gasteiger partial charge in [-0.3, -0.25) is 0 Å². The normalized spacial score (nSPS) is 10.4. The fourth-order valence-corrected chi connectivity index (χ4v) is 2.41. The molecule has 100 valence electrons. The summed E-state index contributed by atoms with van der Waals surface area (Å²) in [5.41, 5.74) is 1.47. The third-order valence-electron chi connectivity index (χ3n) is 2.13. The molecule has 3 nitrogen and oxygen atoms in total. The van der Waals surface area contributed by atoms with E-state index in [-0.39, 0.29) is 19.1 Å². The zero-order valence-electron chi connectivity index (χ0n) is 9.84. The molecule has 0 saturated carbocycles. The predicted octanol–water partition coefficient (Wildman–Crippen LogP) is 3.81. The van der Waals surface area contributed by atoms with Gasteiger partial charge in [-0.05, 0) is 24.6 Å². The highest BCUT2D eigenvalue weighted by molar-refractivity contribution is 6.37. The lowest BCUT2D eigenvalue weighted by Gasteiger charge is -2.08. The van der Waals surface area contributed by atoms with Crippen LogP contribution in [0, 0.1) is 0 Å². The molecule has 0 amide bonds. The van der Waals surface area contributed by atoms with Crippen LogP contribution in [0.4, 0.5) is 0 Å². The molecule has 0 radical (unpaired) electrons. The number of hydrogen-bond donors (Lipinski definition) is 0. The minimum Gasteiger partial charge on any atom is -0.464 e. The number of benzene rings is 1. The lowest BCUT2D eigenvalue weighted by Crippen LogP contribution is -2.12. The first-order valence-corrected chi connectivity index (χ1v) is 6.63. The highest BCUT2D eigenvalue weighted by Crippen LogP contribution is 2.28. The van der Waals surface area contributed by atoms with Crippen molar-refractivity contribution in [3.8, 4) is 0 Å². The number of carbonyl (C=O) groups is 1. The van der Waals surface area contributed by atoms with Crippen molar-refractivity contribution >= 4 is 40.8 Å². The number of rotatable bonds is 6. The van der Waals surface area contributed by atoms with E-state index in [2.05, 4.69) is 0 Å². The first kappa shape index (κ1) is 15.6. The van der Waals surface area contributed by atoms with Crippen LogP contribution < -0.4 is 0 Å². The molecule has 0 spiro atoms. The summed E-state index contributed by atoms with van der Waals surface area (Å²) >= 11 is 17.7. The average molecular weight is 312 g/mol. The summed E-state index contributed by atoms with van der Waals surface area (Å²) in [6.07, 6.45) is 0. The van der Waals surface area contributed by atoms with Gasteiger partial charge in [-0.2, -0.15) is 0 Å². The van der Waals surface area contributed by atoms with E-state index in [9.17, 15) is 4.79 Å². The Bertz CT molecular complexity index is 398. The molecule has 0 saturated heterocycles. The van der Waals surface area contributed by atoms with Gasteiger partial charge in [-0.25, -0.2) is 4.79 Å². The second kappa shape index (κ2) is 7.85. The Kier molecular flexibility index (Phi) is 6.79. The van der Waals surface area contributed by atoms with E-state index >= 15 is 0 Å². The Hall–Kier alpha value is -0.480. The Balaban J connectivity index is 2.56. The first-order valence-electron chi connectivity index (χ1n) is 5.34. The second-order valence-electron chi connectivity index (χ2n) is 3.47. The summed E-state index contributed by atoms with van der Waals surface area (Å²) in [6.45, 7) is 2.22. The van der Waals surface area contributed by atoms with Gasteiger partial charge in [0.05, 0.1) is 19.1 Å². The summed E-state index contributed by atoms with van der Waals surface area (Å²) in [5.74, 6) is -0.145. The molecule has 0 N–H and O–H groups in total. The summed E-state index contributed by atoms with van der Waals surface area (Å²) in [6, 6.07) is 3.44. The molecule has 0 aliphatic rings. The van der Waals surface area contributed by atoms with Crippen LogP contribution in [0.5, 0.6) is 0 Å². The van der Waals surface area contributed by atoms with Crippen molar-refractivity contribution in [1.29, 1.82) is 0 Å². The Labute approximate surface area is 121 Å². The summed E-state index contributed by atoms with van der Waals surface area (Å²) in [4.78, 5) is 11.1. The average Bonchev–Trinajstić information content (AvgIpc) is 2.29. The Morgan fingerprint density at radius 1 is 1.28 bits per heavy atom. The molecular formula is C12H13Cl3O3. The zero-order valence-corrected chi connectivity index (χ0v) is 12.1. The molecule has 6 heteroatoms. The second-order valence-corrected chi connectivity index (χ2v) is 4.55. The highest BCUT2D eigenvalue weighted by Gasteiger charge is 2.08. The number of hydrogen-bond acceptors (Lipinski definition) is 3. The van der Waals surface area contributed by atoms with E-state index < -0.39 is 5.97 Å². The molecule has 1 rings (SSSR count). The van der Waals surface area contributed by atoms with Crippen LogP contribution in [0.25, 0.3) is 0 Å². The number of carbonyl (C=O) groups excluding carboxylic acids is 1. The van der Waals surface area contributed by atoms with Crippen LogP contribution in [0.15, 0.2) is 12.1 Å². The molecule has 1 aromatic rings. The van der Waals surface area contributed by atoms with Gasteiger partial charge < -0.3 is 9.47 Å². The van der Waals surface area contributed by atoms with Gasteiger partial charge in [0.2, 0.25) is 0 Å². The van der Waals surface area contributed by atoms with E-state index in [1.807, 2.05) is 0 Å². The van der Waals surface area contributed by atoms with Gasteiger partial charge >= 0.3 is 5.97 Å². The lowest BCUT2D eigenvalue weighted by molar-refractivity contribution is -0.148. The van der Waals surface area contributed by atoms with Gasteiger partial charge in [0.15, 0.2) is 0 Å². The summed E-state index contributed by atoms with van der Waals surface area (Å²) in [5, 5.41) is 0.986. The zero-order chi connectivity index (χ0) is 13.5. The van der Waals surface area contributed by atoms with Crippen LogP contribution in [-0.4, -0.2) is 19.2 Å². The van der Waals surface area contributed by atoms with Gasteiger partial charge in [0, 0.05) is 15.6 Å². The van der Waals surface area contributed by atoms with Crippen molar-refractivity contribution in [2.75, 3.05) is 13.2 Å². The molecule has 0 aliphatic heterocycles. The van der Waals surface area contributed by atoms with E-state index in [1.54, 1.807) is 19.1 Å². The van der Waals surface area contributed by atoms with E-state index in [0.29, 0.717) is 22.2 Å².